The number of urea groups is 1. The first kappa shape index (κ1) is 16.3. The predicted molar refractivity (Wildman–Crippen MR) is 87.0 cm³/mol. The van der Waals surface area contributed by atoms with Crippen molar-refractivity contribution < 1.29 is 14.3 Å². The molecule has 0 aliphatic carbocycles. The second-order valence-corrected chi connectivity index (χ2v) is 6.57. The van der Waals surface area contributed by atoms with Crippen molar-refractivity contribution >= 4 is 6.03 Å². The van der Waals surface area contributed by atoms with E-state index in [9.17, 15) is 9.90 Å². The van der Waals surface area contributed by atoms with Crippen LogP contribution in [-0.4, -0.2) is 60.3 Å². The van der Waals surface area contributed by atoms with Gasteiger partial charge < -0.3 is 19.7 Å². The maximum atomic E-state index is 12.4. The molecule has 6 heteroatoms. The van der Waals surface area contributed by atoms with Crippen molar-refractivity contribution in [1.29, 1.82) is 0 Å². The number of hydrogen-bond acceptors (Lipinski definition) is 4. The number of rotatable bonds is 5. The zero-order chi connectivity index (χ0) is 16.1. The fraction of sp³-hybridized carbons (Fsp3) is 0.706. The van der Waals surface area contributed by atoms with Crippen LogP contribution in [0.3, 0.4) is 0 Å². The van der Waals surface area contributed by atoms with Gasteiger partial charge in [-0.3, -0.25) is 4.90 Å². The first-order chi connectivity index (χ1) is 11.3. The molecule has 3 heterocycles. The quantitative estimate of drug-likeness (QED) is 0.868. The van der Waals surface area contributed by atoms with Crippen LogP contribution in [0.1, 0.15) is 37.5 Å². The molecule has 2 amide bonds. The van der Waals surface area contributed by atoms with Crippen molar-refractivity contribution in [3.8, 4) is 0 Å². The Morgan fingerprint density at radius 2 is 2.04 bits per heavy atom. The van der Waals surface area contributed by atoms with Gasteiger partial charge in [0.1, 0.15) is 5.76 Å². The Morgan fingerprint density at radius 1 is 1.30 bits per heavy atom. The Morgan fingerprint density at radius 3 is 2.65 bits per heavy atom. The number of carbonyl (C=O) groups excluding carboxylic acids is 1. The number of aliphatic hydroxyl groups excluding tert-OH is 1. The van der Waals surface area contributed by atoms with Gasteiger partial charge in [0.25, 0.3) is 0 Å². The van der Waals surface area contributed by atoms with E-state index in [1.165, 1.54) is 12.8 Å². The normalized spacial score (nSPS) is 21.5. The summed E-state index contributed by atoms with van der Waals surface area (Å²) in [5.74, 6) is 1.27. The van der Waals surface area contributed by atoms with Gasteiger partial charge in [-0.2, -0.15) is 0 Å². The maximum Gasteiger partial charge on any atom is 0.317 e. The van der Waals surface area contributed by atoms with Gasteiger partial charge in [-0.05, 0) is 56.8 Å². The Labute approximate surface area is 137 Å². The Hall–Kier alpha value is -1.53. The van der Waals surface area contributed by atoms with Crippen LogP contribution in [0.2, 0.25) is 0 Å². The van der Waals surface area contributed by atoms with E-state index < -0.39 is 0 Å². The Bertz CT molecular complexity index is 477. The number of furan rings is 1. The summed E-state index contributed by atoms with van der Waals surface area (Å²) in [7, 11) is 0. The van der Waals surface area contributed by atoms with E-state index in [4.69, 9.17) is 4.42 Å². The Kier molecular flexibility index (Phi) is 5.56. The lowest BCUT2D eigenvalue weighted by molar-refractivity contribution is 0.134. The molecule has 2 saturated heterocycles. The molecule has 23 heavy (non-hydrogen) atoms. The number of piperidine rings is 1. The van der Waals surface area contributed by atoms with Gasteiger partial charge in [0.05, 0.1) is 12.3 Å². The molecule has 0 aromatic carbocycles. The van der Waals surface area contributed by atoms with Crippen LogP contribution in [0.15, 0.2) is 22.8 Å². The third kappa shape index (κ3) is 4.06. The molecule has 0 bridgehead atoms. The highest BCUT2D eigenvalue weighted by atomic mass is 16.3. The molecule has 0 radical (unpaired) electrons. The van der Waals surface area contributed by atoms with Crippen molar-refractivity contribution in [3.05, 3.63) is 24.2 Å². The van der Waals surface area contributed by atoms with E-state index >= 15 is 0 Å². The fourth-order valence-electron chi connectivity index (χ4n) is 3.56. The summed E-state index contributed by atoms with van der Waals surface area (Å²) >= 11 is 0. The fourth-order valence-corrected chi connectivity index (χ4v) is 3.56. The van der Waals surface area contributed by atoms with Crippen molar-refractivity contribution in [2.75, 3.05) is 39.3 Å². The lowest BCUT2D eigenvalue weighted by atomic mass is 9.98. The van der Waals surface area contributed by atoms with E-state index in [2.05, 4.69) is 10.2 Å². The molecule has 3 rings (SSSR count). The van der Waals surface area contributed by atoms with Crippen LogP contribution in [0.5, 0.6) is 0 Å². The van der Waals surface area contributed by atoms with Crippen LogP contribution in [0.4, 0.5) is 4.79 Å². The lowest BCUT2D eigenvalue weighted by Gasteiger charge is -2.32. The minimum atomic E-state index is -0.00265. The highest BCUT2D eigenvalue weighted by molar-refractivity contribution is 5.74. The molecule has 0 unspecified atom stereocenters. The zero-order valence-corrected chi connectivity index (χ0v) is 13.6. The number of hydrogen-bond donors (Lipinski definition) is 2. The molecule has 1 aromatic heterocycles. The monoisotopic (exact) mass is 321 g/mol. The number of nitrogens with one attached hydrogen (secondary N) is 1. The Balaban J connectivity index is 1.53. The number of likely N-dealkylation sites (tertiary alicyclic amines) is 2. The SMILES string of the molecule is O=C(NC[C@H](c1ccco1)N1CCCC1)N1CCC(CO)CC1. The number of aliphatic hydroxyl groups is 1. The van der Waals surface area contributed by atoms with Gasteiger partial charge in [0, 0.05) is 26.2 Å². The topological polar surface area (TPSA) is 69.0 Å². The standard InChI is InChI=1S/C17H27N3O3/c21-13-14-5-9-20(10-6-14)17(22)18-12-15(16-4-3-11-23-16)19-7-1-2-8-19/h3-4,11,14-15,21H,1-2,5-10,12-13H2,(H,18,22)/t15-/m1/s1. The van der Waals surface area contributed by atoms with Crippen molar-refractivity contribution in [2.24, 2.45) is 5.92 Å². The molecular formula is C17H27N3O3. The highest BCUT2D eigenvalue weighted by Gasteiger charge is 2.27. The highest BCUT2D eigenvalue weighted by Crippen LogP contribution is 2.25. The van der Waals surface area contributed by atoms with Gasteiger partial charge >= 0.3 is 6.03 Å². The van der Waals surface area contributed by atoms with Gasteiger partial charge in [-0.25, -0.2) is 4.79 Å². The van der Waals surface area contributed by atoms with E-state index in [1.807, 2.05) is 17.0 Å². The molecule has 0 saturated carbocycles. The van der Waals surface area contributed by atoms with Gasteiger partial charge in [-0.1, -0.05) is 0 Å². The summed E-state index contributed by atoms with van der Waals surface area (Å²) < 4.78 is 5.58. The summed E-state index contributed by atoms with van der Waals surface area (Å²) in [5.41, 5.74) is 0. The van der Waals surface area contributed by atoms with E-state index in [0.717, 1.165) is 44.8 Å². The zero-order valence-electron chi connectivity index (χ0n) is 13.6. The molecular weight excluding hydrogens is 294 g/mol. The summed E-state index contributed by atoms with van der Waals surface area (Å²) in [5, 5.41) is 12.3. The molecule has 2 N–H and O–H groups in total. The van der Waals surface area contributed by atoms with Gasteiger partial charge in [-0.15, -0.1) is 0 Å². The van der Waals surface area contributed by atoms with Crippen molar-refractivity contribution in [1.82, 2.24) is 15.1 Å². The van der Waals surface area contributed by atoms with Crippen LogP contribution in [0.25, 0.3) is 0 Å². The van der Waals surface area contributed by atoms with Crippen LogP contribution in [-0.2, 0) is 0 Å². The second-order valence-electron chi connectivity index (χ2n) is 6.57. The van der Waals surface area contributed by atoms with Crippen molar-refractivity contribution in [3.63, 3.8) is 0 Å². The second kappa shape index (κ2) is 7.84. The third-order valence-electron chi connectivity index (χ3n) is 5.06. The number of nitrogens with zero attached hydrogens (tertiary/aromatic N) is 2. The summed E-state index contributed by atoms with van der Waals surface area (Å²) in [6, 6.07) is 4.01. The van der Waals surface area contributed by atoms with E-state index in [-0.39, 0.29) is 18.7 Å². The maximum absolute atomic E-state index is 12.4. The van der Waals surface area contributed by atoms with E-state index in [1.54, 1.807) is 6.26 Å². The van der Waals surface area contributed by atoms with Gasteiger partial charge in [0.2, 0.25) is 0 Å². The van der Waals surface area contributed by atoms with Gasteiger partial charge in [0.15, 0.2) is 0 Å². The summed E-state index contributed by atoms with van der Waals surface area (Å²) in [6.45, 7) is 4.38. The first-order valence-corrected chi connectivity index (χ1v) is 8.69. The molecule has 1 atom stereocenters. The summed E-state index contributed by atoms with van der Waals surface area (Å²) in [4.78, 5) is 16.6. The van der Waals surface area contributed by atoms with Crippen LogP contribution < -0.4 is 5.32 Å². The lowest BCUT2D eigenvalue weighted by Crippen LogP contribution is -2.47. The number of amides is 2. The minimum Gasteiger partial charge on any atom is -0.468 e. The molecule has 6 nitrogen and oxygen atoms in total. The minimum absolute atomic E-state index is 0.00265. The molecule has 1 aromatic rings. The molecule has 2 fully saturated rings. The third-order valence-corrected chi connectivity index (χ3v) is 5.06. The number of carbonyl (C=O) groups is 1. The van der Waals surface area contributed by atoms with Crippen LogP contribution in [0, 0.1) is 5.92 Å². The summed E-state index contributed by atoms with van der Waals surface area (Å²) in [6.07, 6.45) is 5.88. The molecule has 2 aliphatic rings. The smallest absolute Gasteiger partial charge is 0.317 e. The average Bonchev–Trinajstić information content (AvgIpc) is 3.29. The molecule has 0 spiro atoms. The molecule has 2 aliphatic heterocycles. The van der Waals surface area contributed by atoms with E-state index in [0.29, 0.717) is 12.5 Å². The van der Waals surface area contributed by atoms with Crippen molar-refractivity contribution in [2.45, 2.75) is 31.7 Å². The average molecular weight is 321 g/mol. The largest absolute Gasteiger partial charge is 0.468 e. The first-order valence-electron chi connectivity index (χ1n) is 8.69. The predicted octanol–water partition coefficient (Wildman–Crippen LogP) is 1.83. The molecule has 128 valence electrons. The van der Waals surface area contributed by atoms with Crippen LogP contribution >= 0.6 is 0 Å².